The summed E-state index contributed by atoms with van der Waals surface area (Å²) in [6.45, 7) is 7.98. The van der Waals surface area contributed by atoms with Crippen LogP contribution in [0.15, 0.2) is 169 Å². The van der Waals surface area contributed by atoms with Gasteiger partial charge in [0.2, 0.25) is 0 Å². The number of nitrogens with one attached hydrogen (secondary N) is 2. The average molecular weight is 753 g/mol. The largest absolute Gasteiger partial charge is 0.508 e. The topological polar surface area (TPSA) is 136 Å². The van der Waals surface area contributed by atoms with E-state index in [9.17, 15) is 19.8 Å². The number of amides is 2. The third-order valence-electron chi connectivity index (χ3n) is 7.85. The van der Waals surface area contributed by atoms with Crippen molar-refractivity contribution in [2.24, 2.45) is 0 Å². The molecule has 0 heterocycles. The van der Waals surface area contributed by atoms with Gasteiger partial charge in [-0.15, -0.1) is 0 Å². The number of phenolic OH excluding ortho intramolecular Hbond substituents is 2. The summed E-state index contributed by atoms with van der Waals surface area (Å²) in [6, 6.07) is 37.7. The summed E-state index contributed by atoms with van der Waals surface area (Å²) in [5, 5.41) is 25.5. The van der Waals surface area contributed by atoms with E-state index in [0.29, 0.717) is 58.7 Å². The zero-order chi connectivity index (χ0) is 38.6. The molecule has 0 fully saturated rings. The number of carbonyl (C=O) groups is 2. The van der Waals surface area contributed by atoms with Gasteiger partial charge in [-0.05, 0) is 108 Å². The summed E-state index contributed by atoms with van der Waals surface area (Å²) in [5.41, 5.74) is 3.85. The lowest BCUT2D eigenvalue weighted by Crippen LogP contribution is -2.17. The van der Waals surface area contributed by atoms with E-state index in [-0.39, 0.29) is 11.5 Å². The Bertz CT molecular complexity index is 2110. The maximum Gasteiger partial charge on any atom is 0.417 e. The number of rotatable bonds is 14. The van der Waals surface area contributed by atoms with Crippen LogP contribution in [0, 0.1) is 0 Å². The SMILES string of the molecule is C=CCOc1ccc(OC(=O)Nc2cc(Sc3ccc(-c4ccc(O)cc4)c(NC(=O)Oc4ccc(OCC=C)cc4)c3)ccc2-c2ccc(O)cc2)cc1. The number of carbonyl (C=O) groups excluding carboxylic acids is 2. The van der Waals surface area contributed by atoms with Crippen LogP contribution < -0.4 is 29.6 Å². The smallest absolute Gasteiger partial charge is 0.417 e. The first-order chi connectivity index (χ1) is 26.8. The zero-order valence-electron chi connectivity index (χ0n) is 29.4. The minimum absolute atomic E-state index is 0.112. The summed E-state index contributed by atoms with van der Waals surface area (Å²) in [4.78, 5) is 27.9. The van der Waals surface area contributed by atoms with Gasteiger partial charge in [0.25, 0.3) is 0 Å². The molecule has 55 heavy (non-hydrogen) atoms. The standard InChI is InChI=1S/C44H36N2O8S/c1-3-25-51-33-13-17-35(18-14-33)53-43(49)45-41-27-37(21-23-39(41)29-5-9-31(47)10-6-29)55-38-22-24-40(30-7-11-32(48)12-8-30)42(28-38)46-44(50)54-36-19-15-34(16-20-36)52-26-4-2/h3-24,27-28,47-48H,1-2,25-26H2,(H,45,49)(H,46,50). The molecular formula is C44H36N2O8S. The zero-order valence-corrected chi connectivity index (χ0v) is 30.3. The highest BCUT2D eigenvalue weighted by Crippen LogP contribution is 2.39. The van der Waals surface area contributed by atoms with Crippen molar-refractivity contribution in [1.29, 1.82) is 0 Å². The van der Waals surface area contributed by atoms with Gasteiger partial charge in [-0.2, -0.15) is 0 Å². The van der Waals surface area contributed by atoms with Crippen molar-refractivity contribution in [3.8, 4) is 56.8 Å². The highest BCUT2D eigenvalue weighted by molar-refractivity contribution is 7.99. The Kier molecular flexibility index (Phi) is 12.4. The second kappa shape index (κ2) is 18.1. The summed E-state index contributed by atoms with van der Waals surface area (Å²) < 4.78 is 22.2. The molecule has 0 saturated carbocycles. The van der Waals surface area contributed by atoms with Crippen molar-refractivity contribution in [1.82, 2.24) is 0 Å². The van der Waals surface area contributed by atoms with E-state index in [0.717, 1.165) is 20.9 Å². The predicted molar refractivity (Wildman–Crippen MR) is 215 cm³/mol. The summed E-state index contributed by atoms with van der Waals surface area (Å²) in [6.07, 6.45) is 1.87. The molecule has 0 aliphatic carbocycles. The van der Waals surface area contributed by atoms with Gasteiger partial charge in [0.1, 0.15) is 47.7 Å². The molecule has 11 heteroatoms. The maximum absolute atomic E-state index is 13.2. The molecule has 0 aromatic heterocycles. The Morgan fingerprint density at radius 3 is 1.25 bits per heavy atom. The van der Waals surface area contributed by atoms with Crippen LogP contribution in [0.25, 0.3) is 22.3 Å². The van der Waals surface area contributed by atoms with E-state index < -0.39 is 12.2 Å². The Labute approximate surface area is 322 Å². The van der Waals surface area contributed by atoms with Gasteiger partial charge < -0.3 is 29.2 Å². The fraction of sp³-hybridized carbons (Fsp3) is 0.0455. The second-order valence-corrected chi connectivity index (χ2v) is 12.9. The van der Waals surface area contributed by atoms with Gasteiger partial charge in [0.15, 0.2) is 0 Å². The van der Waals surface area contributed by atoms with E-state index in [2.05, 4.69) is 23.8 Å². The third-order valence-corrected chi connectivity index (χ3v) is 8.83. The van der Waals surface area contributed by atoms with Crippen LogP contribution in [-0.4, -0.2) is 35.6 Å². The first kappa shape index (κ1) is 37.6. The molecular weight excluding hydrogens is 717 g/mol. The van der Waals surface area contributed by atoms with Gasteiger partial charge in [-0.3, -0.25) is 10.6 Å². The summed E-state index contributed by atoms with van der Waals surface area (Å²) in [5.74, 6) is 2.09. The number of aromatic hydroxyl groups is 2. The van der Waals surface area contributed by atoms with Crippen molar-refractivity contribution in [3.63, 3.8) is 0 Å². The molecule has 0 atom stereocenters. The van der Waals surface area contributed by atoms with Crippen LogP contribution in [0.3, 0.4) is 0 Å². The van der Waals surface area contributed by atoms with Crippen LogP contribution in [0.2, 0.25) is 0 Å². The molecule has 0 spiro atoms. The van der Waals surface area contributed by atoms with E-state index in [1.165, 1.54) is 11.8 Å². The average Bonchev–Trinajstić information content (AvgIpc) is 3.18. The number of hydrogen-bond acceptors (Lipinski definition) is 9. The normalized spacial score (nSPS) is 10.5. The van der Waals surface area contributed by atoms with Crippen molar-refractivity contribution < 1.29 is 38.7 Å². The van der Waals surface area contributed by atoms with Gasteiger partial charge >= 0.3 is 12.2 Å². The molecule has 2 amide bonds. The van der Waals surface area contributed by atoms with Crippen LogP contribution in [-0.2, 0) is 0 Å². The first-order valence-corrected chi connectivity index (χ1v) is 17.8. The maximum atomic E-state index is 13.2. The molecule has 0 saturated heterocycles. The Hall–Kier alpha value is -7.11. The number of benzene rings is 6. The van der Waals surface area contributed by atoms with Crippen molar-refractivity contribution in [2.75, 3.05) is 23.8 Å². The Balaban J connectivity index is 1.25. The number of hydrogen-bond donors (Lipinski definition) is 4. The third kappa shape index (κ3) is 10.5. The van der Waals surface area contributed by atoms with E-state index in [1.54, 1.807) is 109 Å². The molecule has 0 aliphatic heterocycles. The number of ether oxygens (including phenoxy) is 4. The molecule has 0 unspecified atom stereocenters. The van der Waals surface area contributed by atoms with Crippen LogP contribution in [0.5, 0.6) is 34.5 Å². The van der Waals surface area contributed by atoms with E-state index in [4.69, 9.17) is 18.9 Å². The minimum atomic E-state index is -0.705. The van der Waals surface area contributed by atoms with Gasteiger partial charge in [0, 0.05) is 20.9 Å². The Morgan fingerprint density at radius 2 is 0.891 bits per heavy atom. The fourth-order valence-electron chi connectivity index (χ4n) is 5.31. The molecule has 10 nitrogen and oxygen atoms in total. The molecule has 6 aromatic rings. The quantitative estimate of drug-likeness (QED) is 0.0802. The van der Waals surface area contributed by atoms with Crippen molar-refractivity contribution in [2.45, 2.75) is 9.79 Å². The molecule has 0 bridgehead atoms. The minimum Gasteiger partial charge on any atom is -0.508 e. The molecule has 6 aromatic carbocycles. The summed E-state index contributed by atoms with van der Waals surface area (Å²) >= 11 is 1.40. The Morgan fingerprint density at radius 1 is 0.527 bits per heavy atom. The highest BCUT2D eigenvalue weighted by atomic mass is 32.2. The number of anilines is 2. The molecule has 6 rings (SSSR count). The monoisotopic (exact) mass is 752 g/mol. The van der Waals surface area contributed by atoms with E-state index in [1.807, 2.05) is 36.4 Å². The highest BCUT2D eigenvalue weighted by Gasteiger charge is 2.16. The molecule has 4 N–H and O–H groups in total. The van der Waals surface area contributed by atoms with Gasteiger partial charge in [0.05, 0.1) is 11.4 Å². The van der Waals surface area contributed by atoms with Gasteiger partial charge in [-0.1, -0.05) is 73.5 Å². The molecule has 276 valence electrons. The van der Waals surface area contributed by atoms with E-state index >= 15 is 0 Å². The second-order valence-electron chi connectivity index (χ2n) is 11.8. The lowest BCUT2D eigenvalue weighted by molar-refractivity contribution is 0.214. The summed E-state index contributed by atoms with van der Waals surface area (Å²) in [7, 11) is 0. The molecule has 0 radical (unpaired) electrons. The van der Waals surface area contributed by atoms with Crippen LogP contribution in [0.1, 0.15) is 0 Å². The van der Waals surface area contributed by atoms with Crippen LogP contribution in [0.4, 0.5) is 21.0 Å². The lowest BCUT2D eigenvalue weighted by atomic mass is 10.0. The molecule has 0 aliphatic rings. The lowest BCUT2D eigenvalue weighted by Gasteiger charge is -2.16. The van der Waals surface area contributed by atoms with Crippen molar-refractivity contribution >= 4 is 35.3 Å². The van der Waals surface area contributed by atoms with Crippen LogP contribution >= 0.6 is 11.8 Å². The number of phenols is 2. The predicted octanol–water partition coefficient (Wildman–Crippen LogP) is 10.9. The van der Waals surface area contributed by atoms with Crippen molar-refractivity contribution in [3.05, 3.63) is 159 Å². The van der Waals surface area contributed by atoms with Gasteiger partial charge in [-0.25, -0.2) is 9.59 Å². The first-order valence-electron chi connectivity index (χ1n) is 17.0. The fourth-order valence-corrected chi connectivity index (χ4v) is 6.20.